The summed E-state index contributed by atoms with van der Waals surface area (Å²) >= 11 is 0. The summed E-state index contributed by atoms with van der Waals surface area (Å²) in [5, 5.41) is 21.0. The number of Topliss-reactive ketones (excluding diaryl/α,β-unsaturated/α-hetero) is 1. The predicted octanol–water partition coefficient (Wildman–Crippen LogP) is 1.36. The number of carbonyl (C=O) groups is 2. The fourth-order valence-electron chi connectivity index (χ4n) is 7.67. The molecule has 11 heteroatoms. The second-order valence-corrected chi connectivity index (χ2v) is 11.5. The molecule has 0 saturated heterocycles. The fraction of sp³-hybridized carbons (Fsp3) is 0.727. The van der Waals surface area contributed by atoms with Crippen LogP contribution in [-0.4, -0.2) is 85.1 Å². The molecule has 0 aromatic carbocycles. The molecule has 4 aliphatic carbocycles. The molecule has 0 aromatic heterocycles. The molecule has 3 fully saturated rings. The first-order chi connectivity index (χ1) is 14.7. The van der Waals surface area contributed by atoms with E-state index in [1.165, 1.54) is 18.2 Å². The van der Waals surface area contributed by atoms with Gasteiger partial charge in [0.2, 0.25) is 0 Å². The summed E-state index contributed by atoms with van der Waals surface area (Å²) < 4.78 is 34.2. The van der Waals surface area contributed by atoms with Crippen LogP contribution in [0.5, 0.6) is 0 Å². The monoisotopic (exact) mass is 496 g/mol. The average Bonchev–Trinajstić information content (AvgIpc) is 2.90. The first kappa shape index (κ1) is 27.4. The van der Waals surface area contributed by atoms with E-state index in [2.05, 4.69) is 0 Å². The first-order valence-corrected chi connectivity index (χ1v) is 12.4. The van der Waals surface area contributed by atoms with Crippen LogP contribution in [0.15, 0.2) is 23.8 Å². The van der Waals surface area contributed by atoms with Crippen molar-refractivity contribution in [1.82, 2.24) is 0 Å². The Bertz CT molecular complexity index is 979. The van der Waals surface area contributed by atoms with Gasteiger partial charge in [-0.15, -0.1) is 0 Å². The summed E-state index contributed by atoms with van der Waals surface area (Å²) in [7, 11) is -5.17. The van der Waals surface area contributed by atoms with Gasteiger partial charge in [0.1, 0.15) is 12.2 Å². The van der Waals surface area contributed by atoms with E-state index in [1.54, 1.807) is 20.8 Å². The van der Waals surface area contributed by atoms with Crippen LogP contribution in [-0.2, 0) is 18.7 Å². The van der Waals surface area contributed by atoms with Gasteiger partial charge >= 0.3 is 37.4 Å². The molecular formula is C22H31FNaO8P. The third-order valence-electron chi connectivity index (χ3n) is 9.00. The van der Waals surface area contributed by atoms with E-state index in [1.807, 2.05) is 0 Å². The summed E-state index contributed by atoms with van der Waals surface area (Å²) in [4.78, 5) is 44.2. The normalized spacial score (nSPS) is 46.5. The van der Waals surface area contributed by atoms with Crippen LogP contribution in [0.2, 0.25) is 0 Å². The topological polar surface area (TPSA) is 141 Å². The summed E-state index contributed by atoms with van der Waals surface area (Å²) in [6.07, 6.45) is 3.34. The van der Waals surface area contributed by atoms with Crippen LogP contribution >= 0.6 is 7.82 Å². The second-order valence-electron chi connectivity index (χ2n) is 10.3. The number of aliphatic hydroxyl groups excluding tert-OH is 2. The van der Waals surface area contributed by atoms with Gasteiger partial charge in [-0.25, -0.2) is 8.96 Å². The number of hydrogen-bond donors (Lipinski definition) is 4. The first-order valence-electron chi connectivity index (χ1n) is 10.9. The van der Waals surface area contributed by atoms with Crippen molar-refractivity contribution < 1.29 is 43.1 Å². The molecule has 0 radical (unpaired) electrons. The predicted molar refractivity (Wildman–Crippen MR) is 118 cm³/mol. The van der Waals surface area contributed by atoms with Crippen molar-refractivity contribution in [3.8, 4) is 0 Å². The molecule has 0 bridgehead atoms. The molecule has 0 unspecified atom stereocenters. The average molecular weight is 496 g/mol. The molecule has 0 aromatic rings. The van der Waals surface area contributed by atoms with Gasteiger partial charge in [0.05, 0.1) is 6.10 Å². The molecule has 4 N–H and O–H groups in total. The number of allylic oxidation sites excluding steroid dienone is 4. The van der Waals surface area contributed by atoms with Gasteiger partial charge in [-0.05, 0) is 56.6 Å². The zero-order chi connectivity index (χ0) is 23.9. The maximum absolute atomic E-state index is 17.1. The summed E-state index contributed by atoms with van der Waals surface area (Å²) in [5.74, 6) is -3.13. The van der Waals surface area contributed by atoms with Crippen molar-refractivity contribution in [2.45, 2.75) is 63.8 Å². The third-order valence-corrected chi connectivity index (χ3v) is 9.53. The molecule has 4 rings (SSSR count). The van der Waals surface area contributed by atoms with Crippen LogP contribution in [0.1, 0.15) is 46.5 Å². The van der Waals surface area contributed by atoms with E-state index in [-0.39, 0.29) is 48.2 Å². The summed E-state index contributed by atoms with van der Waals surface area (Å²) in [5.41, 5.74) is -6.13. The molecule has 180 valence electrons. The molecule has 8 nitrogen and oxygen atoms in total. The molecule has 0 heterocycles. The van der Waals surface area contributed by atoms with Crippen LogP contribution in [0.4, 0.5) is 4.39 Å². The second kappa shape index (κ2) is 8.43. The minimum absolute atomic E-state index is 0. The van der Waals surface area contributed by atoms with E-state index >= 15 is 4.39 Å². The molecule has 0 amide bonds. The van der Waals surface area contributed by atoms with Gasteiger partial charge in [0, 0.05) is 16.7 Å². The van der Waals surface area contributed by atoms with E-state index in [0.29, 0.717) is 18.4 Å². The van der Waals surface area contributed by atoms with E-state index in [4.69, 9.17) is 4.52 Å². The minimum atomic E-state index is -5.17. The molecule has 3 saturated carbocycles. The number of carbonyl (C=O) groups excluding carboxylic acids is 2. The number of halogens is 1. The van der Waals surface area contributed by atoms with Gasteiger partial charge in [-0.3, -0.25) is 14.1 Å². The summed E-state index contributed by atoms with van der Waals surface area (Å²) in [6, 6.07) is 0. The number of rotatable bonds is 4. The molecule has 8 atom stereocenters. The number of hydrogen-bond acceptors (Lipinski definition) is 6. The quantitative estimate of drug-likeness (QED) is 0.338. The summed E-state index contributed by atoms with van der Waals surface area (Å²) in [6.45, 7) is 3.87. The van der Waals surface area contributed by atoms with Crippen LogP contribution in [0, 0.1) is 28.6 Å². The van der Waals surface area contributed by atoms with Gasteiger partial charge in [0.25, 0.3) is 0 Å². The van der Waals surface area contributed by atoms with Crippen LogP contribution in [0.25, 0.3) is 0 Å². The van der Waals surface area contributed by atoms with Gasteiger partial charge in [-0.1, -0.05) is 25.5 Å². The number of aliphatic hydroxyl groups is 2. The van der Waals surface area contributed by atoms with Crippen LogP contribution in [0.3, 0.4) is 0 Å². The standard InChI is InChI=1S/C22H30FO8P.Na.H/c1-12-8-16-15-5-4-13-9-14(25)6-7-19(13,2)21(15,23)17(26)10-20(16,3)22(12,18(27)11-24)31-32(28,29)30;;/h6-7,9,12,15-17,24,26H,4-5,8,10-11H2,1-3H3,(H2,28,29,30);;/t12-,15-,16-,17-,19-,20-,21-,22-;;/m0../s1. The maximum atomic E-state index is 17.1. The molecular weight excluding hydrogens is 465 g/mol. The zero-order valence-electron chi connectivity index (χ0n) is 18.3. The Morgan fingerprint density at radius 1 is 1.30 bits per heavy atom. The van der Waals surface area contributed by atoms with Crippen molar-refractivity contribution in [2.75, 3.05) is 6.61 Å². The fourth-order valence-corrected chi connectivity index (χ4v) is 8.54. The van der Waals surface area contributed by atoms with Crippen molar-refractivity contribution in [2.24, 2.45) is 28.6 Å². The number of alkyl halides is 1. The Labute approximate surface area is 214 Å². The number of phosphoric acid groups is 1. The van der Waals surface area contributed by atoms with Crippen molar-refractivity contribution in [1.29, 1.82) is 0 Å². The van der Waals surface area contributed by atoms with E-state index in [0.717, 1.165) is 0 Å². The molecule has 0 spiro atoms. The Kier molecular flexibility index (Phi) is 6.99. The van der Waals surface area contributed by atoms with Crippen molar-refractivity contribution in [3.63, 3.8) is 0 Å². The van der Waals surface area contributed by atoms with Crippen molar-refractivity contribution in [3.05, 3.63) is 23.8 Å². The molecule has 0 aliphatic heterocycles. The van der Waals surface area contributed by atoms with E-state index in [9.17, 15) is 34.2 Å². The number of ketones is 2. The van der Waals surface area contributed by atoms with E-state index < -0.39 is 66.2 Å². The zero-order valence-corrected chi connectivity index (χ0v) is 19.2. The molecule has 33 heavy (non-hydrogen) atoms. The number of fused-ring (bicyclic) bond motifs is 5. The van der Waals surface area contributed by atoms with Gasteiger partial charge in [0.15, 0.2) is 17.2 Å². The Morgan fingerprint density at radius 3 is 2.52 bits per heavy atom. The van der Waals surface area contributed by atoms with Crippen molar-refractivity contribution >= 4 is 48.9 Å². The third kappa shape index (κ3) is 3.50. The Morgan fingerprint density at radius 2 is 1.94 bits per heavy atom. The number of phosphoric ester groups is 1. The Hall–Kier alpha value is -0.220. The van der Waals surface area contributed by atoms with Gasteiger partial charge < -0.3 is 20.0 Å². The SMILES string of the molecule is C[C@H]1C[C@H]2[C@@H]3CCC4=CC(=O)C=C[C@]4(C)[C@@]3(F)[C@@H](O)C[C@]2(C)[C@@]1(OP(=O)(O)O)C(=O)CO.[NaH]. The Balaban J connectivity index is 0.00000306. The van der Waals surface area contributed by atoms with Crippen LogP contribution < -0.4 is 0 Å². The molecule has 4 aliphatic rings. The van der Waals surface area contributed by atoms with Gasteiger partial charge in [-0.2, -0.15) is 0 Å².